The summed E-state index contributed by atoms with van der Waals surface area (Å²) in [4.78, 5) is 20.7. The Bertz CT molecular complexity index is 1030. The summed E-state index contributed by atoms with van der Waals surface area (Å²) in [7, 11) is 0.162. The first-order valence-corrected chi connectivity index (χ1v) is 15.6. The van der Waals surface area contributed by atoms with E-state index >= 15 is 0 Å². The Kier molecular flexibility index (Phi) is 13.9. The SMILES string of the molecule is CC.CCCCC[C@H]1CC[C@@H]2C3Cc4cccc(OCC(=O)O)c4CC3C[C@H]2OPO1.O=COc1ccccc1. The van der Waals surface area contributed by atoms with Gasteiger partial charge in [-0.05, 0) is 85.6 Å². The predicted molar refractivity (Wildman–Crippen MR) is 158 cm³/mol. The molecule has 6 atom stereocenters. The van der Waals surface area contributed by atoms with Crippen LogP contribution in [0, 0.1) is 17.8 Å². The molecule has 2 aromatic carbocycles. The smallest absolute Gasteiger partial charge is 0.341 e. The van der Waals surface area contributed by atoms with E-state index in [1.54, 1.807) is 24.3 Å². The van der Waals surface area contributed by atoms with Gasteiger partial charge in [-0.25, -0.2) is 4.79 Å². The van der Waals surface area contributed by atoms with Crippen molar-refractivity contribution in [2.45, 2.75) is 90.8 Å². The van der Waals surface area contributed by atoms with E-state index in [4.69, 9.17) is 18.9 Å². The second kappa shape index (κ2) is 17.4. The van der Waals surface area contributed by atoms with Crippen molar-refractivity contribution in [3.63, 3.8) is 0 Å². The molecule has 3 unspecified atom stereocenters. The van der Waals surface area contributed by atoms with Gasteiger partial charge in [0.1, 0.15) is 11.5 Å². The molecule has 2 aromatic rings. The lowest BCUT2D eigenvalue weighted by Gasteiger charge is -2.34. The maximum atomic E-state index is 10.9. The summed E-state index contributed by atoms with van der Waals surface area (Å²) < 4.78 is 22.4. The van der Waals surface area contributed by atoms with Crippen LogP contribution in [0.5, 0.6) is 11.5 Å². The average Bonchev–Trinajstić information content (AvgIpc) is 3.29. The van der Waals surface area contributed by atoms with Crippen molar-refractivity contribution in [2.75, 3.05) is 6.61 Å². The summed E-state index contributed by atoms with van der Waals surface area (Å²) in [6.45, 7) is 6.37. The van der Waals surface area contributed by atoms with Crippen molar-refractivity contribution < 1.29 is 33.2 Å². The van der Waals surface area contributed by atoms with E-state index in [0.29, 0.717) is 42.2 Å². The van der Waals surface area contributed by atoms with E-state index in [0.717, 1.165) is 37.9 Å². The third-order valence-corrected chi connectivity index (χ3v) is 8.79. The number of aliphatic carboxylic acids is 1. The molecular weight excluding hydrogens is 527 g/mol. The largest absolute Gasteiger partial charge is 0.482 e. The highest BCUT2D eigenvalue weighted by Crippen LogP contribution is 2.51. The summed E-state index contributed by atoms with van der Waals surface area (Å²) in [6.07, 6.45) is 11.0. The second-order valence-electron chi connectivity index (χ2n) is 10.4. The Balaban J connectivity index is 0.000000339. The lowest BCUT2D eigenvalue weighted by molar-refractivity contribution is -0.139. The molecule has 0 spiro atoms. The monoisotopic (exact) mass is 572 g/mol. The van der Waals surface area contributed by atoms with Crippen LogP contribution in [0.2, 0.25) is 0 Å². The van der Waals surface area contributed by atoms with Crippen LogP contribution in [0.4, 0.5) is 0 Å². The molecule has 1 saturated carbocycles. The van der Waals surface area contributed by atoms with Crippen LogP contribution in [0.25, 0.3) is 0 Å². The zero-order chi connectivity index (χ0) is 28.7. The molecule has 0 radical (unpaired) electrons. The number of rotatable bonds is 9. The van der Waals surface area contributed by atoms with Gasteiger partial charge >= 0.3 is 5.97 Å². The number of benzene rings is 2. The highest BCUT2D eigenvalue weighted by molar-refractivity contribution is 7.26. The summed E-state index contributed by atoms with van der Waals surface area (Å²) in [6, 6.07) is 15.0. The molecule has 3 aliphatic rings. The van der Waals surface area contributed by atoms with Gasteiger partial charge in [-0.1, -0.05) is 70.4 Å². The molecule has 0 amide bonds. The average molecular weight is 573 g/mol. The third kappa shape index (κ3) is 9.29. The molecule has 0 aromatic heterocycles. The molecule has 1 saturated heterocycles. The number of fused-ring (bicyclic) bond motifs is 4. The molecule has 1 heterocycles. The minimum Gasteiger partial charge on any atom is -0.482 e. The fraction of sp³-hybridized carbons (Fsp3) is 0.562. The molecular formula is C32H45O7P. The maximum absolute atomic E-state index is 10.9. The lowest BCUT2D eigenvalue weighted by Crippen LogP contribution is -2.29. The number of hydrogen-bond donors (Lipinski definition) is 1. The van der Waals surface area contributed by atoms with E-state index in [1.807, 2.05) is 32.0 Å². The minimum atomic E-state index is -0.932. The van der Waals surface area contributed by atoms with E-state index in [2.05, 4.69) is 17.7 Å². The van der Waals surface area contributed by atoms with Gasteiger partial charge in [0, 0.05) is 0 Å². The normalized spacial score (nSPS) is 25.2. The minimum absolute atomic E-state index is 0.162. The van der Waals surface area contributed by atoms with Gasteiger partial charge in [-0.2, -0.15) is 0 Å². The first-order chi connectivity index (χ1) is 19.6. The van der Waals surface area contributed by atoms with Crippen molar-refractivity contribution >= 4 is 21.5 Å². The zero-order valence-electron chi connectivity index (χ0n) is 24.1. The van der Waals surface area contributed by atoms with Gasteiger partial charge in [-0.3, -0.25) is 4.79 Å². The van der Waals surface area contributed by atoms with Gasteiger partial charge < -0.3 is 23.6 Å². The maximum Gasteiger partial charge on any atom is 0.341 e. The highest BCUT2D eigenvalue weighted by atomic mass is 31.1. The highest BCUT2D eigenvalue weighted by Gasteiger charge is 2.46. The molecule has 7 nitrogen and oxygen atoms in total. The van der Waals surface area contributed by atoms with Crippen LogP contribution in [-0.4, -0.2) is 36.4 Å². The van der Waals surface area contributed by atoms with Crippen molar-refractivity contribution in [1.82, 2.24) is 0 Å². The van der Waals surface area contributed by atoms with E-state index in [1.165, 1.54) is 36.8 Å². The first kappa shape index (κ1) is 32.0. The Hall–Kier alpha value is -2.47. The summed E-state index contributed by atoms with van der Waals surface area (Å²) in [5.74, 6) is 2.25. The summed E-state index contributed by atoms with van der Waals surface area (Å²) >= 11 is 0. The third-order valence-electron chi connectivity index (χ3n) is 7.96. The number of unbranched alkanes of at least 4 members (excludes halogenated alkanes) is 2. The molecule has 5 rings (SSSR count). The van der Waals surface area contributed by atoms with E-state index in [9.17, 15) is 9.59 Å². The van der Waals surface area contributed by atoms with Crippen LogP contribution < -0.4 is 9.47 Å². The quantitative estimate of drug-likeness (QED) is 0.190. The summed E-state index contributed by atoms with van der Waals surface area (Å²) in [5.41, 5.74) is 2.54. The van der Waals surface area contributed by atoms with Crippen molar-refractivity contribution in [3.8, 4) is 11.5 Å². The molecule has 1 aliphatic heterocycles. The fourth-order valence-electron chi connectivity index (χ4n) is 6.16. The Morgan fingerprint density at radius 2 is 1.82 bits per heavy atom. The molecule has 8 heteroatoms. The number of carboxylic acid groups (broad SMARTS) is 1. The van der Waals surface area contributed by atoms with E-state index < -0.39 is 5.97 Å². The Labute approximate surface area is 240 Å². The van der Waals surface area contributed by atoms with Crippen LogP contribution in [-0.2, 0) is 31.5 Å². The van der Waals surface area contributed by atoms with Gasteiger partial charge in [0.25, 0.3) is 6.47 Å². The Morgan fingerprint density at radius 1 is 1.02 bits per heavy atom. The number of hydrogen-bond acceptors (Lipinski definition) is 6. The molecule has 1 N–H and O–H groups in total. The first-order valence-electron chi connectivity index (χ1n) is 14.8. The number of ether oxygens (including phenoxy) is 2. The standard InChI is InChI=1S/C23H33O5P.C7H6O2.C2H6/c1-2-3-4-7-17-9-10-18-19-11-15-6-5-8-21(26-14-23(24)25)20(15)12-16(19)13-22(18)28-29-27-17;8-6-9-7-4-2-1-3-5-7;1-2/h5-6,8,16-19,22,29H,2-4,7,9-14H2,1H3,(H,24,25);1-6H;1-2H3/t16?,17-,18+,19?,22+;;/m0../s1. The van der Waals surface area contributed by atoms with Gasteiger partial charge in [-0.15, -0.1) is 0 Å². The van der Waals surface area contributed by atoms with E-state index in [-0.39, 0.29) is 15.6 Å². The topological polar surface area (TPSA) is 91.3 Å². The zero-order valence-corrected chi connectivity index (χ0v) is 25.1. The van der Waals surface area contributed by atoms with Crippen LogP contribution >= 0.6 is 9.03 Å². The molecule has 0 bridgehead atoms. The number of carboxylic acids is 1. The predicted octanol–water partition coefficient (Wildman–Crippen LogP) is 7.40. The molecule has 2 fully saturated rings. The van der Waals surface area contributed by atoms with Gasteiger partial charge in [0.15, 0.2) is 15.6 Å². The van der Waals surface area contributed by atoms with Gasteiger partial charge in [0.05, 0.1) is 12.2 Å². The number of carbonyl (C=O) groups excluding carboxylic acids is 1. The van der Waals surface area contributed by atoms with Crippen molar-refractivity contribution in [3.05, 3.63) is 59.7 Å². The summed E-state index contributed by atoms with van der Waals surface area (Å²) in [5, 5.41) is 8.96. The van der Waals surface area contributed by atoms with Crippen molar-refractivity contribution in [1.29, 1.82) is 0 Å². The van der Waals surface area contributed by atoms with Crippen LogP contribution in [0.1, 0.15) is 76.8 Å². The molecule has 2 aliphatic carbocycles. The number of carbonyl (C=O) groups is 2. The van der Waals surface area contributed by atoms with Crippen LogP contribution in [0.3, 0.4) is 0 Å². The van der Waals surface area contributed by atoms with Crippen LogP contribution in [0.15, 0.2) is 48.5 Å². The fourth-order valence-corrected chi connectivity index (χ4v) is 6.98. The lowest BCUT2D eigenvalue weighted by atomic mass is 9.73. The number of para-hydroxylation sites is 1. The Morgan fingerprint density at radius 3 is 2.55 bits per heavy atom. The van der Waals surface area contributed by atoms with Crippen molar-refractivity contribution in [2.24, 2.45) is 17.8 Å². The molecule has 40 heavy (non-hydrogen) atoms. The molecule has 220 valence electrons. The van der Waals surface area contributed by atoms with Gasteiger partial charge in [0.2, 0.25) is 0 Å². The second-order valence-corrected chi connectivity index (χ2v) is 11.0.